The van der Waals surface area contributed by atoms with E-state index in [9.17, 15) is 9.18 Å². The van der Waals surface area contributed by atoms with Crippen LogP contribution in [0.2, 0.25) is 0 Å². The van der Waals surface area contributed by atoms with Crippen molar-refractivity contribution in [1.82, 2.24) is 19.7 Å². The standard InChI is InChI=1S/C20H22FN5O/c1-14-4-9-19(18(21)10-14)24-20(27)11-25(3)15(2)16-5-7-17(8-6-16)26-13-22-12-23-26/h4-10,12-13,15H,11H2,1-3H3,(H,24,27)/t15-/m0/s1. The molecule has 0 bridgehead atoms. The zero-order valence-corrected chi connectivity index (χ0v) is 15.6. The molecule has 0 saturated carbocycles. The van der Waals surface area contributed by atoms with Crippen LogP contribution in [0.15, 0.2) is 55.1 Å². The van der Waals surface area contributed by atoms with Crippen molar-refractivity contribution in [2.24, 2.45) is 0 Å². The Bertz CT molecular complexity index is 909. The fraction of sp³-hybridized carbons (Fsp3) is 0.250. The van der Waals surface area contributed by atoms with Crippen molar-refractivity contribution in [1.29, 1.82) is 0 Å². The number of rotatable bonds is 6. The maximum Gasteiger partial charge on any atom is 0.238 e. The third-order valence-electron chi connectivity index (χ3n) is 4.51. The van der Waals surface area contributed by atoms with Gasteiger partial charge in [-0.25, -0.2) is 14.1 Å². The number of halogens is 1. The largest absolute Gasteiger partial charge is 0.322 e. The zero-order valence-electron chi connectivity index (χ0n) is 15.6. The Morgan fingerprint density at radius 3 is 2.63 bits per heavy atom. The molecule has 2 aromatic carbocycles. The SMILES string of the molecule is Cc1ccc(NC(=O)CN(C)[C@@H](C)c2ccc(-n3cncn3)cc2)c(F)c1. The van der Waals surface area contributed by atoms with E-state index in [1.165, 1.54) is 12.4 Å². The lowest BCUT2D eigenvalue weighted by molar-refractivity contribution is -0.117. The zero-order chi connectivity index (χ0) is 19.4. The molecule has 7 heteroatoms. The molecule has 0 aliphatic rings. The molecule has 1 amide bonds. The second-order valence-corrected chi connectivity index (χ2v) is 6.55. The topological polar surface area (TPSA) is 63.1 Å². The van der Waals surface area contributed by atoms with Gasteiger partial charge in [0.05, 0.1) is 17.9 Å². The van der Waals surface area contributed by atoms with E-state index >= 15 is 0 Å². The van der Waals surface area contributed by atoms with E-state index < -0.39 is 5.82 Å². The molecular formula is C20H22FN5O. The van der Waals surface area contributed by atoms with Gasteiger partial charge in [0.2, 0.25) is 5.91 Å². The first-order valence-electron chi connectivity index (χ1n) is 8.65. The van der Waals surface area contributed by atoms with Gasteiger partial charge in [0.25, 0.3) is 0 Å². The van der Waals surface area contributed by atoms with Gasteiger partial charge < -0.3 is 5.32 Å². The molecule has 3 rings (SSSR count). The highest BCUT2D eigenvalue weighted by molar-refractivity contribution is 5.92. The van der Waals surface area contributed by atoms with E-state index in [2.05, 4.69) is 15.4 Å². The van der Waals surface area contributed by atoms with Gasteiger partial charge in [-0.2, -0.15) is 5.10 Å². The summed E-state index contributed by atoms with van der Waals surface area (Å²) in [6, 6.07) is 12.7. The van der Waals surface area contributed by atoms with Crippen LogP contribution < -0.4 is 5.32 Å². The number of anilines is 1. The lowest BCUT2D eigenvalue weighted by atomic mass is 10.1. The van der Waals surface area contributed by atoms with Crippen LogP contribution >= 0.6 is 0 Å². The van der Waals surface area contributed by atoms with Crippen molar-refractivity contribution in [2.75, 3.05) is 18.9 Å². The molecule has 0 spiro atoms. The van der Waals surface area contributed by atoms with E-state index in [0.29, 0.717) is 0 Å². The molecule has 3 aromatic rings. The Morgan fingerprint density at radius 2 is 2.00 bits per heavy atom. The van der Waals surface area contributed by atoms with E-state index in [1.54, 1.807) is 30.1 Å². The summed E-state index contributed by atoms with van der Waals surface area (Å²) in [7, 11) is 1.86. The van der Waals surface area contributed by atoms with Crippen molar-refractivity contribution < 1.29 is 9.18 Å². The highest BCUT2D eigenvalue weighted by atomic mass is 19.1. The summed E-state index contributed by atoms with van der Waals surface area (Å²) < 4.78 is 15.6. The van der Waals surface area contributed by atoms with Crippen molar-refractivity contribution in [3.05, 3.63) is 72.1 Å². The Morgan fingerprint density at radius 1 is 1.26 bits per heavy atom. The third kappa shape index (κ3) is 4.57. The molecule has 0 aliphatic carbocycles. The molecule has 1 atom stereocenters. The summed E-state index contributed by atoms with van der Waals surface area (Å²) in [5.74, 6) is -0.686. The van der Waals surface area contributed by atoms with E-state index in [4.69, 9.17) is 0 Å². The number of carbonyl (C=O) groups is 1. The number of nitrogens with zero attached hydrogens (tertiary/aromatic N) is 4. The average molecular weight is 367 g/mol. The maximum atomic E-state index is 13.9. The molecule has 0 radical (unpaired) electrons. The fourth-order valence-electron chi connectivity index (χ4n) is 2.78. The Kier molecular flexibility index (Phi) is 5.61. The van der Waals surface area contributed by atoms with Crippen molar-refractivity contribution in [3.63, 3.8) is 0 Å². The molecule has 1 N–H and O–H groups in total. The second kappa shape index (κ2) is 8.09. The van der Waals surface area contributed by atoms with Crippen LogP contribution in [0.5, 0.6) is 0 Å². The Hall–Kier alpha value is -3.06. The molecule has 0 saturated heterocycles. The second-order valence-electron chi connectivity index (χ2n) is 6.55. The summed E-state index contributed by atoms with van der Waals surface area (Å²) in [6.45, 7) is 3.97. The summed E-state index contributed by atoms with van der Waals surface area (Å²) in [4.78, 5) is 18.1. The minimum Gasteiger partial charge on any atom is -0.322 e. The van der Waals surface area contributed by atoms with E-state index in [1.807, 2.05) is 43.1 Å². The molecule has 0 aliphatic heterocycles. The molecule has 0 unspecified atom stereocenters. The van der Waals surface area contributed by atoms with Crippen molar-refractivity contribution >= 4 is 11.6 Å². The van der Waals surface area contributed by atoms with Crippen LogP contribution in [0.1, 0.15) is 24.1 Å². The number of aryl methyl sites for hydroxylation is 1. The summed E-state index contributed by atoms with van der Waals surface area (Å²) in [5.41, 5.74) is 2.99. The lowest BCUT2D eigenvalue weighted by Crippen LogP contribution is -2.32. The first kappa shape index (κ1) is 18.7. The number of amides is 1. The van der Waals surface area contributed by atoms with Gasteiger partial charge in [0.15, 0.2) is 0 Å². The van der Waals surface area contributed by atoms with Gasteiger partial charge in [0.1, 0.15) is 18.5 Å². The van der Waals surface area contributed by atoms with Gasteiger partial charge in [-0.1, -0.05) is 18.2 Å². The highest BCUT2D eigenvalue weighted by Crippen LogP contribution is 2.20. The fourth-order valence-corrected chi connectivity index (χ4v) is 2.78. The number of nitrogens with one attached hydrogen (secondary N) is 1. The molecule has 6 nitrogen and oxygen atoms in total. The van der Waals surface area contributed by atoms with Gasteiger partial charge in [0, 0.05) is 6.04 Å². The van der Waals surface area contributed by atoms with Crippen molar-refractivity contribution in [2.45, 2.75) is 19.9 Å². The quantitative estimate of drug-likeness (QED) is 0.726. The van der Waals surface area contributed by atoms with Crippen molar-refractivity contribution in [3.8, 4) is 5.69 Å². The van der Waals surface area contributed by atoms with Crippen LogP contribution in [0.25, 0.3) is 5.69 Å². The Labute approximate surface area is 157 Å². The Balaban J connectivity index is 1.61. The average Bonchev–Trinajstić information content (AvgIpc) is 3.18. The lowest BCUT2D eigenvalue weighted by Gasteiger charge is -2.24. The highest BCUT2D eigenvalue weighted by Gasteiger charge is 2.16. The molecule has 1 heterocycles. The molecule has 1 aromatic heterocycles. The van der Waals surface area contributed by atoms with Gasteiger partial charge >= 0.3 is 0 Å². The smallest absolute Gasteiger partial charge is 0.238 e. The minimum atomic E-state index is -0.428. The van der Waals surface area contributed by atoms with Crippen LogP contribution in [-0.2, 0) is 4.79 Å². The first-order valence-corrected chi connectivity index (χ1v) is 8.65. The predicted octanol–water partition coefficient (Wildman–Crippen LogP) is 3.35. The molecule has 140 valence electrons. The van der Waals surface area contributed by atoms with Gasteiger partial charge in [-0.15, -0.1) is 0 Å². The van der Waals surface area contributed by atoms with Gasteiger partial charge in [-0.3, -0.25) is 9.69 Å². The molecule has 0 fully saturated rings. The number of hydrogen-bond donors (Lipinski definition) is 1. The predicted molar refractivity (Wildman–Crippen MR) is 102 cm³/mol. The first-order chi connectivity index (χ1) is 12.9. The van der Waals surface area contributed by atoms with Gasteiger partial charge in [-0.05, 0) is 56.3 Å². The number of benzene rings is 2. The number of hydrogen-bond acceptors (Lipinski definition) is 4. The van der Waals surface area contributed by atoms with E-state index in [0.717, 1.165) is 16.8 Å². The normalized spacial score (nSPS) is 12.2. The third-order valence-corrected chi connectivity index (χ3v) is 4.51. The van der Waals surface area contributed by atoms with E-state index in [-0.39, 0.29) is 24.2 Å². The summed E-state index contributed by atoms with van der Waals surface area (Å²) in [6.07, 6.45) is 3.12. The van der Waals surface area contributed by atoms with Crippen LogP contribution in [0, 0.1) is 12.7 Å². The summed E-state index contributed by atoms with van der Waals surface area (Å²) >= 11 is 0. The monoisotopic (exact) mass is 367 g/mol. The summed E-state index contributed by atoms with van der Waals surface area (Å²) in [5, 5.41) is 6.73. The van der Waals surface area contributed by atoms with Crippen LogP contribution in [0.3, 0.4) is 0 Å². The molecule has 27 heavy (non-hydrogen) atoms. The number of aromatic nitrogens is 3. The molecular weight excluding hydrogens is 345 g/mol. The maximum absolute atomic E-state index is 13.9. The van der Waals surface area contributed by atoms with Crippen LogP contribution in [0.4, 0.5) is 10.1 Å². The minimum absolute atomic E-state index is 0.0170. The number of carbonyl (C=O) groups excluding carboxylic acids is 1. The van der Waals surface area contributed by atoms with Crippen LogP contribution in [-0.4, -0.2) is 39.2 Å². The number of likely N-dealkylation sites (N-methyl/N-ethyl adjacent to an activating group) is 1.